The van der Waals surface area contributed by atoms with Gasteiger partial charge in [-0.2, -0.15) is 0 Å². The summed E-state index contributed by atoms with van der Waals surface area (Å²) in [5.41, 5.74) is 1.21. The highest BCUT2D eigenvalue weighted by Crippen LogP contribution is 2.15. The van der Waals surface area contributed by atoms with E-state index in [9.17, 15) is 14.0 Å². The highest BCUT2D eigenvalue weighted by atomic mass is 19.1. The summed E-state index contributed by atoms with van der Waals surface area (Å²) in [5.74, 6) is -1.11. The number of aryl methyl sites for hydroxylation is 1. The first kappa shape index (κ1) is 16.1. The number of nitrogens with one attached hydrogen (secondary N) is 1. The number of hydrogen-bond donors (Lipinski definition) is 1. The van der Waals surface area contributed by atoms with Crippen LogP contribution in [0.2, 0.25) is 0 Å². The van der Waals surface area contributed by atoms with Gasteiger partial charge in [-0.15, -0.1) is 0 Å². The van der Waals surface area contributed by atoms with Crippen LogP contribution in [0.3, 0.4) is 0 Å². The number of anilines is 1. The Kier molecular flexibility index (Phi) is 6.11. The van der Waals surface area contributed by atoms with Crippen LogP contribution < -0.4 is 5.32 Å². The van der Waals surface area contributed by atoms with Crippen molar-refractivity contribution in [1.82, 2.24) is 4.90 Å². The maximum absolute atomic E-state index is 13.1. The first-order valence-corrected chi connectivity index (χ1v) is 6.31. The molecule has 0 aromatic heterocycles. The largest absolute Gasteiger partial charge is 0.468 e. The van der Waals surface area contributed by atoms with E-state index in [1.165, 1.54) is 19.2 Å². The second-order valence-electron chi connectivity index (χ2n) is 4.39. The molecule has 1 rings (SSSR count). The smallest absolute Gasteiger partial charge is 0.319 e. The Morgan fingerprint density at radius 1 is 1.35 bits per heavy atom. The number of esters is 1. The van der Waals surface area contributed by atoms with E-state index in [4.69, 9.17) is 0 Å². The van der Waals surface area contributed by atoms with Gasteiger partial charge in [-0.25, -0.2) is 4.39 Å². The topological polar surface area (TPSA) is 58.6 Å². The van der Waals surface area contributed by atoms with Gasteiger partial charge < -0.3 is 10.1 Å². The lowest BCUT2D eigenvalue weighted by molar-refractivity contribution is -0.142. The van der Waals surface area contributed by atoms with Gasteiger partial charge in [0.1, 0.15) is 5.82 Å². The van der Waals surface area contributed by atoms with Crippen molar-refractivity contribution in [2.24, 2.45) is 0 Å². The van der Waals surface area contributed by atoms with Crippen molar-refractivity contribution in [2.75, 3.05) is 32.1 Å². The second kappa shape index (κ2) is 7.59. The molecular formula is C14H19FN2O3. The molecule has 0 aliphatic carbocycles. The lowest BCUT2D eigenvalue weighted by Crippen LogP contribution is -2.37. The molecule has 0 radical (unpaired) electrons. The zero-order chi connectivity index (χ0) is 15.1. The Morgan fingerprint density at radius 2 is 2.05 bits per heavy atom. The molecule has 0 unspecified atom stereocenters. The summed E-state index contributed by atoms with van der Waals surface area (Å²) >= 11 is 0. The number of ether oxygens (including phenoxy) is 1. The van der Waals surface area contributed by atoms with Gasteiger partial charge in [-0.05, 0) is 31.2 Å². The molecule has 0 heterocycles. The van der Waals surface area contributed by atoms with Crippen molar-refractivity contribution in [3.63, 3.8) is 0 Å². The zero-order valence-electron chi connectivity index (χ0n) is 11.9. The molecule has 6 heteroatoms. The van der Waals surface area contributed by atoms with Crippen LogP contribution in [0.25, 0.3) is 0 Å². The number of rotatable bonds is 6. The molecule has 0 aliphatic rings. The van der Waals surface area contributed by atoms with Gasteiger partial charge in [0, 0.05) is 5.69 Å². The van der Waals surface area contributed by atoms with Gasteiger partial charge in [-0.3, -0.25) is 14.5 Å². The maximum Gasteiger partial charge on any atom is 0.319 e. The fourth-order valence-electron chi connectivity index (χ4n) is 1.65. The number of hydrogen-bond acceptors (Lipinski definition) is 4. The van der Waals surface area contributed by atoms with Crippen molar-refractivity contribution < 1.29 is 18.7 Å². The summed E-state index contributed by atoms with van der Waals surface area (Å²) in [7, 11) is 1.30. The van der Waals surface area contributed by atoms with Gasteiger partial charge in [0.05, 0.1) is 20.2 Å². The molecule has 0 aliphatic heterocycles. The molecule has 1 aromatic rings. The summed E-state index contributed by atoms with van der Waals surface area (Å²) < 4.78 is 17.7. The zero-order valence-corrected chi connectivity index (χ0v) is 11.9. The number of methoxy groups -OCH3 is 1. The molecule has 5 nitrogen and oxygen atoms in total. The van der Waals surface area contributed by atoms with Gasteiger partial charge in [0.15, 0.2) is 0 Å². The molecule has 0 spiro atoms. The fourth-order valence-corrected chi connectivity index (χ4v) is 1.65. The highest BCUT2D eigenvalue weighted by molar-refractivity contribution is 5.93. The van der Waals surface area contributed by atoms with Crippen LogP contribution in [-0.4, -0.2) is 43.5 Å². The first-order chi connectivity index (χ1) is 9.46. The Balaban J connectivity index is 2.61. The van der Waals surface area contributed by atoms with Crippen molar-refractivity contribution >= 4 is 17.6 Å². The third-order valence-electron chi connectivity index (χ3n) is 2.87. The Morgan fingerprint density at radius 3 is 2.65 bits per heavy atom. The van der Waals surface area contributed by atoms with Crippen molar-refractivity contribution in [1.29, 1.82) is 0 Å². The van der Waals surface area contributed by atoms with E-state index in [-0.39, 0.29) is 19.0 Å². The number of benzene rings is 1. The Hall–Kier alpha value is -1.95. The summed E-state index contributed by atoms with van der Waals surface area (Å²) in [5, 5.41) is 2.63. The van der Waals surface area contributed by atoms with Crippen molar-refractivity contribution in [2.45, 2.75) is 13.8 Å². The quantitative estimate of drug-likeness (QED) is 0.805. The molecule has 0 atom stereocenters. The fraction of sp³-hybridized carbons (Fsp3) is 0.429. The number of halogens is 1. The number of nitrogens with zero attached hydrogens (tertiary/aromatic N) is 1. The molecule has 1 aromatic carbocycles. The number of carbonyl (C=O) groups is 2. The van der Waals surface area contributed by atoms with E-state index in [1.807, 2.05) is 6.92 Å². The van der Waals surface area contributed by atoms with Crippen LogP contribution in [0.15, 0.2) is 18.2 Å². The molecule has 0 saturated heterocycles. The molecule has 1 N–H and O–H groups in total. The predicted octanol–water partition coefficient (Wildman–Crippen LogP) is 1.57. The van der Waals surface area contributed by atoms with E-state index in [0.717, 1.165) is 5.56 Å². The van der Waals surface area contributed by atoms with E-state index >= 15 is 0 Å². The lowest BCUT2D eigenvalue weighted by atomic mass is 10.2. The van der Waals surface area contributed by atoms with Crippen molar-refractivity contribution in [3.8, 4) is 0 Å². The van der Waals surface area contributed by atoms with Gasteiger partial charge in [0.2, 0.25) is 5.91 Å². The van der Waals surface area contributed by atoms with Gasteiger partial charge in [-0.1, -0.05) is 13.0 Å². The summed E-state index contributed by atoms with van der Waals surface area (Å²) in [4.78, 5) is 24.7. The van der Waals surface area contributed by atoms with Crippen LogP contribution >= 0.6 is 0 Å². The normalized spacial score (nSPS) is 10.4. The van der Waals surface area contributed by atoms with Gasteiger partial charge in [0.25, 0.3) is 0 Å². The monoisotopic (exact) mass is 282 g/mol. The van der Waals surface area contributed by atoms with E-state index in [2.05, 4.69) is 10.1 Å². The molecular weight excluding hydrogens is 263 g/mol. The van der Waals surface area contributed by atoms with E-state index in [1.54, 1.807) is 17.9 Å². The van der Waals surface area contributed by atoms with E-state index < -0.39 is 11.8 Å². The Bertz CT molecular complexity index is 491. The van der Waals surface area contributed by atoms with Crippen LogP contribution in [0.4, 0.5) is 10.1 Å². The van der Waals surface area contributed by atoms with Crippen LogP contribution in [0.1, 0.15) is 12.5 Å². The standard InChI is InChI=1S/C14H19FN2O3/c1-4-17(9-14(19)20-3)8-13(18)16-12-7-11(15)6-5-10(12)2/h5-7H,4,8-9H2,1-3H3,(H,16,18). The molecule has 0 bridgehead atoms. The molecule has 0 saturated carbocycles. The summed E-state index contributed by atoms with van der Waals surface area (Å²) in [6.07, 6.45) is 0. The van der Waals surface area contributed by atoms with E-state index in [0.29, 0.717) is 12.2 Å². The van der Waals surface area contributed by atoms with Crippen LogP contribution in [-0.2, 0) is 14.3 Å². The minimum absolute atomic E-state index is 0.0432. The van der Waals surface area contributed by atoms with Crippen LogP contribution in [0, 0.1) is 12.7 Å². The predicted molar refractivity (Wildman–Crippen MR) is 73.9 cm³/mol. The van der Waals surface area contributed by atoms with Gasteiger partial charge >= 0.3 is 5.97 Å². The average Bonchev–Trinajstić information content (AvgIpc) is 2.41. The summed E-state index contributed by atoms with van der Waals surface area (Å²) in [6.45, 7) is 4.24. The first-order valence-electron chi connectivity index (χ1n) is 6.31. The number of likely N-dealkylation sites (N-methyl/N-ethyl adjacent to an activating group) is 1. The Labute approximate surface area is 117 Å². The molecule has 110 valence electrons. The highest BCUT2D eigenvalue weighted by Gasteiger charge is 2.14. The number of amides is 1. The number of carbonyl (C=O) groups excluding carboxylic acids is 2. The molecule has 0 fully saturated rings. The minimum Gasteiger partial charge on any atom is -0.468 e. The lowest BCUT2D eigenvalue weighted by Gasteiger charge is -2.18. The molecule has 20 heavy (non-hydrogen) atoms. The SMILES string of the molecule is CCN(CC(=O)Nc1cc(F)ccc1C)CC(=O)OC. The minimum atomic E-state index is -0.409. The average molecular weight is 282 g/mol. The van der Waals surface area contributed by atoms with Crippen molar-refractivity contribution in [3.05, 3.63) is 29.6 Å². The maximum atomic E-state index is 13.1. The molecule has 1 amide bonds. The third-order valence-corrected chi connectivity index (χ3v) is 2.87. The third kappa shape index (κ3) is 4.97. The second-order valence-corrected chi connectivity index (χ2v) is 4.39. The summed E-state index contributed by atoms with van der Waals surface area (Å²) in [6, 6.07) is 4.20. The van der Waals surface area contributed by atoms with Crippen LogP contribution in [0.5, 0.6) is 0 Å².